The van der Waals surface area contributed by atoms with Gasteiger partial charge in [-0.2, -0.15) is 4.98 Å². The number of piperidine rings is 1. The number of aryl methyl sites for hydroxylation is 2. The van der Waals surface area contributed by atoms with Gasteiger partial charge in [-0.1, -0.05) is 48.8 Å². The first kappa shape index (κ1) is 21.6. The molecule has 1 aliphatic rings. The molecule has 2 atom stereocenters. The van der Waals surface area contributed by atoms with Crippen LogP contribution in [-0.4, -0.2) is 39.0 Å². The van der Waals surface area contributed by atoms with Crippen LogP contribution in [0.3, 0.4) is 0 Å². The van der Waals surface area contributed by atoms with Crippen LogP contribution in [-0.2, 0) is 17.8 Å². The Kier molecular flexibility index (Phi) is 6.77. The molecule has 0 unspecified atom stereocenters. The van der Waals surface area contributed by atoms with E-state index in [0.29, 0.717) is 23.3 Å². The van der Waals surface area contributed by atoms with Crippen LogP contribution in [0.4, 0.5) is 5.13 Å². The predicted octanol–water partition coefficient (Wildman–Crippen LogP) is 4.55. The number of carbonyl (C=O) groups excluding carboxylic acids is 1. The molecule has 1 saturated heterocycles. The van der Waals surface area contributed by atoms with E-state index in [-0.39, 0.29) is 12.3 Å². The fourth-order valence-corrected chi connectivity index (χ4v) is 4.88. The van der Waals surface area contributed by atoms with Gasteiger partial charge >= 0.3 is 0 Å². The second-order valence-electron chi connectivity index (χ2n) is 8.71. The number of amides is 1. The Morgan fingerprint density at radius 2 is 1.94 bits per heavy atom. The maximum Gasteiger partial charge on any atom is 0.227 e. The Hall–Kier alpha value is -2.58. The van der Waals surface area contributed by atoms with Gasteiger partial charge in [-0.15, -0.1) is 11.3 Å². The number of hydrogen-bond acceptors (Lipinski definition) is 7. The van der Waals surface area contributed by atoms with Gasteiger partial charge in [0.15, 0.2) is 5.13 Å². The molecule has 3 aromatic rings. The number of anilines is 1. The summed E-state index contributed by atoms with van der Waals surface area (Å²) in [6.45, 7) is 9.70. The average Bonchev–Trinajstić information content (AvgIpc) is 3.36. The summed E-state index contributed by atoms with van der Waals surface area (Å²) in [5.74, 6) is 2.34. The number of benzene rings is 1. The number of rotatable bonds is 7. The highest BCUT2D eigenvalue weighted by Gasteiger charge is 2.22. The normalized spacial score (nSPS) is 19.5. The zero-order valence-corrected chi connectivity index (χ0v) is 19.1. The van der Waals surface area contributed by atoms with Crippen LogP contribution in [0.2, 0.25) is 0 Å². The Bertz CT molecular complexity index is 1000. The Morgan fingerprint density at radius 1 is 1.19 bits per heavy atom. The van der Waals surface area contributed by atoms with Crippen molar-refractivity contribution in [3.8, 4) is 11.4 Å². The molecule has 3 heterocycles. The first-order chi connectivity index (χ1) is 14.9. The smallest absolute Gasteiger partial charge is 0.227 e. The molecule has 1 aromatic carbocycles. The molecule has 0 radical (unpaired) electrons. The highest BCUT2D eigenvalue weighted by atomic mass is 32.1. The third-order valence-electron chi connectivity index (χ3n) is 5.47. The third kappa shape index (κ3) is 5.98. The highest BCUT2D eigenvalue weighted by molar-refractivity contribution is 7.13. The lowest BCUT2D eigenvalue weighted by molar-refractivity contribution is -0.116. The predicted molar refractivity (Wildman–Crippen MR) is 122 cm³/mol. The molecule has 1 fully saturated rings. The largest absolute Gasteiger partial charge is 0.339 e. The molecule has 1 amide bonds. The fraction of sp³-hybridized carbons (Fsp3) is 0.478. The lowest BCUT2D eigenvalue weighted by Crippen LogP contribution is -2.38. The van der Waals surface area contributed by atoms with E-state index < -0.39 is 0 Å². The summed E-state index contributed by atoms with van der Waals surface area (Å²) in [5.41, 5.74) is 3.09. The summed E-state index contributed by atoms with van der Waals surface area (Å²) in [5, 5.41) is 9.58. The van der Waals surface area contributed by atoms with Crippen molar-refractivity contribution in [2.24, 2.45) is 11.8 Å². The van der Waals surface area contributed by atoms with Crippen LogP contribution in [0.25, 0.3) is 11.4 Å². The van der Waals surface area contributed by atoms with Crippen LogP contribution >= 0.6 is 11.3 Å². The number of aromatic nitrogens is 3. The van der Waals surface area contributed by atoms with E-state index >= 15 is 0 Å². The zero-order valence-electron chi connectivity index (χ0n) is 18.3. The first-order valence-electron chi connectivity index (χ1n) is 10.8. The van der Waals surface area contributed by atoms with E-state index in [4.69, 9.17) is 4.52 Å². The van der Waals surface area contributed by atoms with E-state index in [9.17, 15) is 4.79 Å². The Morgan fingerprint density at radius 3 is 2.68 bits per heavy atom. The Balaban J connectivity index is 1.25. The fourth-order valence-electron chi connectivity index (χ4n) is 4.17. The SMILES string of the molecule is Cc1ccc(-c2noc(CCC(=O)Nc3nc(CN4C[C@@H](C)C[C@H](C)C4)cs3)n2)cc1. The second kappa shape index (κ2) is 9.70. The molecule has 1 aliphatic heterocycles. The lowest BCUT2D eigenvalue weighted by Gasteiger charge is -2.34. The Labute approximate surface area is 186 Å². The number of nitrogens with zero attached hydrogens (tertiary/aromatic N) is 4. The van der Waals surface area contributed by atoms with Gasteiger partial charge in [0.25, 0.3) is 0 Å². The quantitative estimate of drug-likeness (QED) is 0.581. The average molecular weight is 440 g/mol. The van der Waals surface area contributed by atoms with Gasteiger partial charge in [0.05, 0.1) is 5.69 Å². The summed E-state index contributed by atoms with van der Waals surface area (Å²) in [4.78, 5) is 23.8. The molecule has 31 heavy (non-hydrogen) atoms. The summed E-state index contributed by atoms with van der Waals surface area (Å²) in [7, 11) is 0. The molecule has 164 valence electrons. The van der Waals surface area contributed by atoms with Gasteiger partial charge in [0, 0.05) is 43.4 Å². The lowest BCUT2D eigenvalue weighted by atomic mass is 9.92. The second-order valence-corrected chi connectivity index (χ2v) is 9.57. The highest BCUT2D eigenvalue weighted by Crippen LogP contribution is 2.24. The minimum absolute atomic E-state index is 0.101. The molecule has 0 spiro atoms. The molecule has 0 aliphatic carbocycles. The van der Waals surface area contributed by atoms with Crippen LogP contribution in [0.5, 0.6) is 0 Å². The summed E-state index contributed by atoms with van der Waals surface area (Å²) >= 11 is 1.47. The third-order valence-corrected chi connectivity index (χ3v) is 6.28. The standard InChI is InChI=1S/C23H29N5O2S/c1-15-4-6-18(7-5-15)22-26-21(30-27-22)9-8-20(29)25-23-24-19(14-31-23)13-28-11-16(2)10-17(3)12-28/h4-7,14,16-17H,8-13H2,1-3H3,(H,24,25,29)/t16-,17-/m0/s1. The van der Waals surface area contributed by atoms with Gasteiger partial charge in [-0.05, 0) is 25.2 Å². The van der Waals surface area contributed by atoms with Crippen molar-refractivity contribution < 1.29 is 9.32 Å². The molecular weight excluding hydrogens is 410 g/mol. The van der Waals surface area contributed by atoms with Crippen LogP contribution < -0.4 is 5.32 Å². The monoisotopic (exact) mass is 439 g/mol. The van der Waals surface area contributed by atoms with Crippen molar-refractivity contribution in [3.05, 3.63) is 46.8 Å². The maximum atomic E-state index is 12.3. The van der Waals surface area contributed by atoms with Gasteiger partial charge < -0.3 is 9.84 Å². The van der Waals surface area contributed by atoms with Gasteiger partial charge in [0.1, 0.15) is 0 Å². The maximum absolute atomic E-state index is 12.3. The molecule has 7 nitrogen and oxygen atoms in total. The van der Waals surface area contributed by atoms with Crippen molar-refractivity contribution in [2.75, 3.05) is 18.4 Å². The molecule has 4 rings (SSSR count). The number of thiazole rings is 1. The number of nitrogens with one attached hydrogen (secondary N) is 1. The molecule has 2 aromatic heterocycles. The van der Waals surface area contributed by atoms with Crippen LogP contribution in [0.1, 0.15) is 43.8 Å². The minimum atomic E-state index is -0.101. The van der Waals surface area contributed by atoms with E-state index in [0.717, 1.165) is 42.7 Å². The van der Waals surface area contributed by atoms with E-state index in [2.05, 4.69) is 39.2 Å². The van der Waals surface area contributed by atoms with Crippen molar-refractivity contribution >= 4 is 22.4 Å². The topological polar surface area (TPSA) is 84.2 Å². The summed E-state index contributed by atoms with van der Waals surface area (Å²) in [6.07, 6.45) is 1.96. The summed E-state index contributed by atoms with van der Waals surface area (Å²) in [6, 6.07) is 7.94. The molecule has 1 N–H and O–H groups in total. The van der Waals surface area contributed by atoms with E-state index in [1.54, 1.807) is 0 Å². The van der Waals surface area contributed by atoms with Gasteiger partial charge in [-0.25, -0.2) is 4.98 Å². The van der Waals surface area contributed by atoms with Crippen molar-refractivity contribution in [2.45, 2.75) is 46.6 Å². The number of likely N-dealkylation sites (tertiary alicyclic amines) is 1. The van der Waals surface area contributed by atoms with Crippen molar-refractivity contribution in [1.29, 1.82) is 0 Å². The van der Waals surface area contributed by atoms with Gasteiger partial charge in [-0.3, -0.25) is 9.69 Å². The molecule has 0 bridgehead atoms. The molecule has 0 saturated carbocycles. The van der Waals surface area contributed by atoms with Crippen LogP contribution in [0.15, 0.2) is 34.2 Å². The van der Waals surface area contributed by atoms with Crippen molar-refractivity contribution in [3.63, 3.8) is 0 Å². The molecule has 8 heteroatoms. The molecular formula is C23H29N5O2S. The van der Waals surface area contributed by atoms with Gasteiger partial charge in [0.2, 0.25) is 17.6 Å². The number of hydrogen-bond donors (Lipinski definition) is 1. The van der Waals surface area contributed by atoms with Crippen LogP contribution in [0, 0.1) is 18.8 Å². The summed E-state index contributed by atoms with van der Waals surface area (Å²) < 4.78 is 5.30. The van der Waals surface area contributed by atoms with E-state index in [1.807, 2.05) is 36.6 Å². The minimum Gasteiger partial charge on any atom is -0.339 e. The number of carbonyl (C=O) groups is 1. The first-order valence-corrected chi connectivity index (χ1v) is 11.7. The van der Waals surface area contributed by atoms with Crippen molar-refractivity contribution in [1.82, 2.24) is 20.0 Å². The zero-order chi connectivity index (χ0) is 21.8. The van der Waals surface area contributed by atoms with E-state index in [1.165, 1.54) is 23.3 Å².